The van der Waals surface area contributed by atoms with Gasteiger partial charge in [-0.05, 0) is 49.2 Å². The Hall–Kier alpha value is -2.44. The predicted octanol–water partition coefficient (Wildman–Crippen LogP) is 4.41. The average Bonchev–Trinajstić information content (AvgIpc) is 3.32. The van der Waals surface area contributed by atoms with Crippen molar-refractivity contribution >= 4 is 23.4 Å². The Labute approximate surface area is 186 Å². The van der Waals surface area contributed by atoms with Crippen molar-refractivity contribution in [3.05, 3.63) is 70.5 Å². The number of carbonyl (C=O) groups is 2. The SMILES string of the molecule is O=C(c1ccccc1Cl)N1CCO[C@@H](CN(C(=O)c2ccc(F)cc2)C2CCCC2)C1. The van der Waals surface area contributed by atoms with E-state index in [1.807, 2.05) is 4.90 Å². The first-order chi connectivity index (χ1) is 15.0. The van der Waals surface area contributed by atoms with Crippen molar-refractivity contribution in [2.24, 2.45) is 0 Å². The van der Waals surface area contributed by atoms with Crippen LogP contribution in [0.2, 0.25) is 5.02 Å². The highest BCUT2D eigenvalue weighted by molar-refractivity contribution is 6.33. The van der Waals surface area contributed by atoms with E-state index in [1.165, 1.54) is 24.3 Å². The van der Waals surface area contributed by atoms with Crippen LogP contribution < -0.4 is 0 Å². The molecular weight excluding hydrogens is 419 g/mol. The molecule has 2 aromatic carbocycles. The molecule has 1 heterocycles. The quantitative estimate of drug-likeness (QED) is 0.686. The summed E-state index contributed by atoms with van der Waals surface area (Å²) < 4.78 is 19.3. The minimum absolute atomic E-state index is 0.120. The topological polar surface area (TPSA) is 49.9 Å². The molecule has 4 rings (SSSR count). The lowest BCUT2D eigenvalue weighted by Gasteiger charge is -2.38. The van der Waals surface area contributed by atoms with E-state index in [2.05, 4.69) is 0 Å². The Balaban J connectivity index is 1.48. The standard InChI is InChI=1S/C24H26ClFN2O3/c25-22-8-4-3-7-21(22)24(30)27-13-14-31-20(15-27)16-28(19-5-1-2-6-19)23(29)17-9-11-18(26)12-10-17/h3-4,7-12,19-20H,1-2,5-6,13-16H2/t20-/m1/s1. The van der Waals surface area contributed by atoms with Gasteiger partial charge in [-0.2, -0.15) is 0 Å². The second kappa shape index (κ2) is 9.79. The van der Waals surface area contributed by atoms with Gasteiger partial charge in [0.25, 0.3) is 11.8 Å². The Morgan fingerprint density at radius 1 is 1.10 bits per heavy atom. The van der Waals surface area contributed by atoms with Crippen LogP contribution >= 0.6 is 11.6 Å². The molecule has 0 unspecified atom stereocenters. The largest absolute Gasteiger partial charge is 0.373 e. The zero-order valence-electron chi connectivity index (χ0n) is 17.3. The summed E-state index contributed by atoms with van der Waals surface area (Å²) in [6, 6.07) is 12.8. The molecule has 0 bridgehead atoms. The molecule has 164 valence electrons. The van der Waals surface area contributed by atoms with E-state index in [1.54, 1.807) is 29.2 Å². The molecule has 2 aromatic rings. The van der Waals surface area contributed by atoms with Crippen molar-refractivity contribution < 1.29 is 18.7 Å². The molecule has 2 amide bonds. The number of halogens is 2. The molecule has 1 aliphatic carbocycles. The summed E-state index contributed by atoms with van der Waals surface area (Å²) in [5, 5.41) is 0.426. The molecule has 0 N–H and O–H groups in total. The first-order valence-corrected chi connectivity index (χ1v) is 11.1. The zero-order chi connectivity index (χ0) is 21.8. The van der Waals surface area contributed by atoms with E-state index in [0.29, 0.717) is 42.4 Å². The molecular formula is C24H26ClFN2O3. The van der Waals surface area contributed by atoms with Crippen molar-refractivity contribution in [2.75, 3.05) is 26.2 Å². The number of nitrogens with zero attached hydrogens (tertiary/aromatic N) is 2. The maximum absolute atomic E-state index is 13.3. The molecule has 1 atom stereocenters. The molecule has 0 spiro atoms. The summed E-state index contributed by atoms with van der Waals surface area (Å²) >= 11 is 6.21. The number of amides is 2. The molecule has 2 aliphatic rings. The van der Waals surface area contributed by atoms with E-state index in [4.69, 9.17) is 16.3 Å². The highest BCUT2D eigenvalue weighted by atomic mass is 35.5. The van der Waals surface area contributed by atoms with Gasteiger partial charge in [0, 0.05) is 31.2 Å². The Morgan fingerprint density at radius 3 is 2.52 bits per heavy atom. The van der Waals surface area contributed by atoms with Gasteiger partial charge in [-0.3, -0.25) is 9.59 Å². The number of carbonyl (C=O) groups excluding carboxylic acids is 2. The number of benzene rings is 2. The Bertz CT molecular complexity index is 931. The molecule has 7 heteroatoms. The van der Waals surface area contributed by atoms with Crippen LogP contribution in [0.5, 0.6) is 0 Å². The number of ether oxygens (including phenoxy) is 1. The number of hydrogen-bond donors (Lipinski definition) is 0. The summed E-state index contributed by atoms with van der Waals surface area (Å²) in [6.07, 6.45) is 3.77. The van der Waals surface area contributed by atoms with E-state index in [-0.39, 0.29) is 29.8 Å². The third-order valence-corrected chi connectivity index (χ3v) is 6.38. The van der Waals surface area contributed by atoms with Gasteiger partial charge in [0.05, 0.1) is 23.3 Å². The minimum Gasteiger partial charge on any atom is -0.373 e. The first kappa shape index (κ1) is 21.8. The predicted molar refractivity (Wildman–Crippen MR) is 117 cm³/mol. The lowest BCUT2D eigenvalue weighted by Crippen LogP contribution is -2.52. The number of rotatable bonds is 5. The van der Waals surface area contributed by atoms with Crippen LogP contribution in [0.3, 0.4) is 0 Å². The van der Waals surface area contributed by atoms with Gasteiger partial charge in [-0.15, -0.1) is 0 Å². The smallest absolute Gasteiger partial charge is 0.255 e. The van der Waals surface area contributed by atoms with Crippen molar-refractivity contribution in [1.82, 2.24) is 9.80 Å². The van der Waals surface area contributed by atoms with Gasteiger partial charge >= 0.3 is 0 Å². The molecule has 1 saturated carbocycles. The summed E-state index contributed by atoms with van der Waals surface area (Å²) in [4.78, 5) is 29.8. The van der Waals surface area contributed by atoms with Gasteiger partial charge in [-0.25, -0.2) is 4.39 Å². The normalized spacial score (nSPS) is 19.4. The van der Waals surface area contributed by atoms with E-state index in [0.717, 1.165) is 25.7 Å². The number of hydrogen-bond acceptors (Lipinski definition) is 3. The first-order valence-electron chi connectivity index (χ1n) is 10.7. The van der Waals surface area contributed by atoms with Gasteiger partial charge in [0.1, 0.15) is 5.82 Å². The summed E-state index contributed by atoms with van der Waals surface area (Å²) in [7, 11) is 0. The highest BCUT2D eigenvalue weighted by Gasteiger charge is 2.33. The molecule has 31 heavy (non-hydrogen) atoms. The molecule has 0 aromatic heterocycles. The zero-order valence-corrected chi connectivity index (χ0v) is 18.1. The number of morpholine rings is 1. The highest BCUT2D eigenvalue weighted by Crippen LogP contribution is 2.26. The van der Waals surface area contributed by atoms with Crippen LogP contribution in [0.4, 0.5) is 4.39 Å². The lowest BCUT2D eigenvalue weighted by molar-refractivity contribution is -0.0370. The van der Waals surface area contributed by atoms with Crippen LogP contribution in [0, 0.1) is 5.82 Å². The van der Waals surface area contributed by atoms with E-state index < -0.39 is 0 Å². The van der Waals surface area contributed by atoms with Crippen molar-refractivity contribution in [2.45, 2.75) is 37.8 Å². The summed E-state index contributed by atoms with van der Waals surface area (Å²) in [5.74, 6) is -0.616. The van der Waals surface area contributed by atoms with Crippen LogP contribution in [-0.4, -0.2) is 60.0 Å². The monoisotopic (exact) mass is 444 g/mol. The van der Waals surface area contributed by atoms with Crippen LogP contribution in [0.25, 0.3) is 0 Å². The molecule has 0 radical (unpaired) electrons. The minimum atomic E-state index is -0.367. The van der Waals surface area contributed by atoms with Crippen molar-refractivity contribution in [3.63, 3.8) is 0 Å². The van der Waals surface area contributed by atoms with Gasteiger partial charge in [-0.1, -0.05) is 36.6 Å². The van der Waals surface area contributed by atoms with Gasteiger partial charge < -0.3 is 14.5 Å². The van der Waals surface area contributed by atoms with Crippen LogP contribution in [0.15, 0.2) is 48.5 Å². The summed E-state index contributed by atoms with van der Waals surface area (Å²) in [5.41, 5.74) is 0.938. The van der Waals surface area contributed by atoms with E-state index in [9.17, 15) is 14.0 Å². The van der Waals surface area contributed by atoms with Crippen LogP contribution in [0.1, 0.15) is 46.4 Å². The molecule has 1 aliphatic heterocycles. The van der Waals surface area contributed by atoms with Crippen LogP contribution in [-0.2, 0) is 4.74 Å². The second-order valence-corrected chi connectivity index (χ2v) is 8.53. The lowest BCUT2D eigenvalue weighted by atomic mass is 10.1. The fourth-order valence-corrected chi connectivity index (χ4v) is 4.63. The van der Waals surface area contributed by atoms with Crippen molar-refractivity contribution in [3.8, 4) is 0 Å². The third kappa shape index (κ3) is 5.08. The van der Waals surface area contributed by atoms with Crippen molar-refractivity contribution in [1.29, 1.82) is 0 Å². The third-order valence-electron chi connectivity index (χ3n) is 6.05. The fraction of sp³-hybridized carbons (Fsp3) is 0.417. The Kier molecular flexibility index (Phi) is 6.88. The maximum atomic E-state index is 13.3. The van der Waals surface area contributed by atoms with Gasteiger partial charge in [0.15, 0.2) is 0 Å². The fourth-order valence-electron chi connectivity index (χ4n) is 4.41. The Morgan fingerprint density at radius 2 is 1.81 bits per heavy atom. The average molecular weight is 445 g/mol. The van der Waals surface area contributed by atoms with E-state index >= 15 is 0 Å². The molecule has 2 fully saturated rings. The maximum Gasteiger partial charge on any atom is 0.255 e. The van der Waals surface area contributed by atoms with Gasteiger partial charge in [0.2, 0.25) is 0 Å². The second-order valence-electron chi connectivity index (χ2n) is 8.13. The molecule has 5 nitrogen and oxygen atoms in total. The summed E-state index contributed by atoms with van der Waals surface area (Å²) in [6.45, 7) is 1.68. The molecule has 1 saturated heterocycles.